The van der Waals surface area contributed by atoms with Crippen LogP contribution < -0.4 is 9.13 Å². The normalized spacial score (nSPS) is 16.7. The minimum absolute atomic E-state index is 0.101. The largest absolute Gasteiger partial charge is 0.586 e. The van der Waals surface area contributed by atoms with Crippen LogP contribution in [-0.2, 0) is 12.1 Å². The fourth-order valence-corrected chi connectivity index (χ4v) is 6.88. The molecule has 2 aliphatic heterocycles. The van der Waals surface area contributed by atoms with Crippen LogP contribution in [0.25, 0.3) is 44.9 Å². The van der Waals surface area contributed by atoms with Gasteiger partial charge in [0.2, 0.25) is 11.6 Å². The Morgan fingerprint density at radius 2 is 1.50 bits per heavy atom. The number of hydrogen-bond acceptors (Lipinski definition) is 4. The fourth-order valence-electron chi connectivity index (χ4n) is 6.88. The lowest BCUT2D eigenvalue weighted by atomic mass is 9.84. The average molecular weight is 595 g/mol. The van der Waals surface area contributed by atoms with E-state index in [-0.39, 0.29) is 5.82 Å². The maximum absolute atomic E-state index is 14.2. The highest BCUT2D eigenvalue weighted by atomic mass is 19.4. The van der Waals surface area contributed by atoms with E-state index < -0.39 is 17.9 Å². The minimum Gasteiger partial charge on any atom is -0.206 e. The van der Waals surface area contributed by atoms with Gasteiger partial charge in [0.25, 0.3) is 17.2 Å². The number of pyridine rings is 2. The van der Waals surface area contributed by atoms with Gasteiger partial charge in [0, 0.05) is 18.2 Å². The molecule has 0 bridgehead atoms. The van der Waals surface area contributed by atoms with Crippen molar-refractivity contribution in [2.75, 3.05) is 0 Å². The molecular weight excluding hydrogens is 565 g/mol. The van der Waals surface area contributed by atoms with Gasteiger partial charge in [-0.1, -0.05) is 70.5 Å². The summed E-state index contributed by atoms with van der Waals surface area (Å²) in [5.41, 5.74) is 6.00. The first kappa shape index (κ1) is 26.7. The molecule has 0 saturated carbocycles. The Morgan fingerprint density at radius 3 is 2.20 bits per heavy atom. The van der Waals surface area contributed by atoms with Crippen LogP contribution in [0.2, 0.25) is 0 Å². The molecule has 0 fully saturated rings. The highest BCUT2D eigenvalue weighted by Crippen LogP contribution is 2.42. The van der Waals surface area contributed by atoms with Crippen molar-refractivity contribution in [2.24, 2.45) is 0 Å². The molecule has 0 aliphatic carbocycles. The predicted molar refractivity (Wildman–Crippen MR) is 156 cm³/mol. The topological polar surface area (TPSA) is 69.2 Å². The standard InChI is InChI=1S/C33H29F3N8/c1-18(2)23-9-8-10-24(19(3)4)27(23)22-12-13-25-21(17-22)14-16-42-28(25)30-38-31(32(34,35)36)40-44(30)33(42)41-15-7-6-11-26(41)29-37-20(5)39-43(29)33/h6-19H,1-5H3/q+2. The lowest BCUT2D eigenvalue weighted by Gasteiger charge is -2.20. The lowest BCUT2D eigenvalue weighted by Crippen LogP contribution is -2.77. The van der Waals surface area contributed by atoms with Crippen LogP contribution in [0.5, 0.6) is 0 Å². The van der Waals surface area contributed by atoms with Gasteiger partial charge in [-0.15, -0.1) is 10.2 Å². The molecule has 1 spiro atoms. The molecule has 2 aliphatic rings. The van der Waals surface area contributed by atoms with E-state index in [2.05, 4.69) is 73.1 Å². The molecule has 8 nitrogen and oxygen atoms in total. The molecule has 0 N–H and O–H groups in total. The van der Waals surface area contributed by atoms with Crippen LogP contribution >= 0.6 is 0 Å². The number of rotatable bonds is 3. The molecule has 0 amide bonds. The van der Waals surface area contributed by atoms with E-state index >= 15 is 0 Å². The number of alkyl halides is 3. The van der Waals surface area contributed by atoms with Crippen LogP contribution in [0.15, 0.2) is 73.1 Å². The molecule has 1 atom stereocenters. The first-order chi connectivity index (χ1) is 21.0. The SMILES string of the molecule is Cc1nc2n(n1)C1(n3nc(C(F)(F)F)nc3-c3c4ccc(-c5c(C(C)C)cccc5C(C)C)cc4cc[n+]31)[n+]1ccccc1-2. The van der Waals surface area contributed by atoms with Crippen LogP contribution in [0, 0.1) is 6.92 Å². The molecule has 44 heavy (non-hydrogen) atoms. The first-order valence-corrected chi connectivity index (χ1v) is 14.6. The zero-order valence-electron chi connectivity index (χ0n) is 24.8. The number of halogens is 3. The van der Waals surface area contributed by atoms with Gasteiger partial charge in [0.15, 0.2) is 12.4 Å². The Bertz CT molecular complexity index is 2130. The maximum Gasteiger partial charge on any atom is 0.586 e. The molecule has 2 aromatic carbocycles. The lowest BCUT2D eigenvalue weighted by molar-refractivity contribution is -0.990. The van der Waals surface area contributed by atoms with Crippen molar-refractivity contribution < 1.29 is 22.3 Å². The third-order valence-corrected chi connectivity index (χ3v) is 8.70. The number of hydrogen-bond donors (Lipinski definition) is 0. The number of fused-ring (bicyclic) bond motifs is 12. The van der Waals surface area contributed by atoms with Crippen LogP contribution in [0.3, 0.4) is 0 Å². The summed E-state index contributed by atoms with van der Waals surface area (Å²) in [6.45, 7) is 10.5. The second-order valence-corrected chi connectivity index (χ2v) is 12.1. The Hall–Kier alpha value is -4.93. The quantitative estimate of drug-likeness (QED) is 0.235. The summed E-state index contributed by atoms with van der Waals surface area (Å²) < 4.78 is 49.2. The van der Waals surface area contributed by atoms with E-state index in [0.29, 0.717) is 34.9 Å². The van der Waals surface area contributed by atoms with E-state index in [1.54, 1.807) is 11.6 Å². The number of aryl methyl sites for hydroxylation is 1. The third kappa shape index (κ3) is 3.35. The van der Waals surface area contributed by atoms with Crippen LogP contribution in [-0.4, -0.2) is 29.5 Å². The second kappa shape index (κ2) is 8.81. The van der Waals surface area contributed by atoms with Crippen LogP contribution in [0.1, 0.15) is 62.3 Å². The zero-order chi connectivity index (χ0) is 30.7. The summed E-state index contributed by atoms with van der Waals surface area (Å²) >= 11 is 0. The second-order valence-electron chi connectivity index (χ2n) is 12.1. The van der Waals surface area contributed by atoms with Gasteiger partial charge >= 0.3 is 12.1 Å². The summed E-state index contributed by atoms with van der Waals surface area (Å²) in [5.74, 6) is -0.914. The molecule has 4 aromatic heterocycles. The molecule has 1 unspecified atom stereocenters. The van der Waals surface area contributed by atoms with Gasteiger partial charge in [0.05, 0.1) is 5.39 Å². The molecule has 0 radical (unpaired) electrons. The van der Waals surface area contributed by atoms with Crippen molar-refractivity contribution in [2.45, 2.75) is 58.5 Å². The van der Waals surface area contributed by atoms with E-state index in [1.807, 2.05) is 51.9 Å². The fraction of sp³-hybridized carbons (Fsp3) is 0.273. The minimum atomic E-state index is -4.74. The van der Waals surface area contributed by atoms with Crippen molar-refractivity contribution in [1.29, 1.82) is 0 Å². The van der Waals surface area contributed by atoms with Gasteiger partial charge in [-0.2, -0.15) is 18.2 Å². The van der Waals surface area contributed by atoms with E-state index in [0.717, 1.165) is 16.3 Å². The molecule has 0 saturated heterocycles. The van der Waals surface area contributed by atoms with Crippen molar-refractivity contribution in [1.82, 2.24) is 29.5 Å². The maximum atomic E-state index is 14.2. The van der Waals surface area contributed by atoms with E-state index in [1.165, 1.54) is 21.4 Å². The van der Waals surface area contributed by atoms with Crippen molar-refractivity contribution in [3.8, 4) is 34.2 Å². The Balaban J connectivity index is 1.45. The number of aromatic nitrogens is 8. The predicted octanol–water partition coefficient (Wildman–Crippen LogP) is 6.01. The van der Waals surface area contributed by atoms with Gasteiger partial charge < -0.3 is 0 Å². The van der Waals surface area contributed by atoms with Crippen molar-refractivity contribution in [3.63, 3.8) is 0 Å². The molecule has 6 heterocycles. The van der Waals surface area contributed by atoms with Gasteiger partial charge in [-0.05, 0) is 64.6 Å². The van der Waals surface area contributed by atoms with Crippen LogP contribution in [0.4, 0.5) is 13.2 Å². The summed E-state index contributed by atoms with van der Waals surface area (Å²) in [6, 6.07) is 20.2. The molecule has 220 valence electrons. The van der Waals surface area contributed by atoms with E-state index in [9.17, 15) is 13.2 Å². The molecule has 11 heteroatoms. The van der Waals surface area contributed by atoms with Gasteiger partial charge in [-0.3, -0.25) is 0 Å². The summed E-state index contributed by atoms with van der Waals surface area (Å²) in [6.07, 6.45) is -1.04. The Kier molecular flexibility index (Phi) is 5.34. The molecule has 6 aromatic rings. The third-order valence-electron chi connectivity index (χ3n) is 8.70. The summed E-state index contributed by atoms with van der Waals surface area (Å²) in [5, 5.41) is 10.4. The Morgan fingerprint density at radius 1 is 0.773 bits per heavy atom. The smallest absolute Gasteiger partial charge is 0.206 e. The van der Waals surface area contributed by atoms with Crippen molar-refractivity contribution in [3.05, 3.63) is 95.8 Å². The Labute approximate surface area is 251 Å². The molecule has 8 rings (SSSR count). The summed E-state index contributed by atoms with van der Waals surface area (Å²) in [4.78, 5) is 8.75. The highest BCUT2D eigenvalue weighted by molar-refractivity contribution is 5.95. The first-order valence-electron chi connectivity index (χ1n) is 14.6. The average Bonchev–Trinajstić information content (AvgIpc) is 3.72. The number of benzene rings is 2. The van der Waals surface area contributed by atoms with Gasteiger partial charge in [0.1, 0.15) is 5.82 Å². The van der Waals surface area contributed by atoms with Crippen molar-refractivity contribution >= 4 is 10.8 Å². The zero-order valence-corrected chi connectivity index (χ0v) is 24.8. The molecular formula is C33H29F3N8+2. The monoisotopic (exact) mass is 594 g/mol. The number of nitrogens with zero attached hydrogens (tertiary/aromatic N) is 8. The summed E-state index contributed by atoms with van der Waals surface area (Å²) in [7, 11) is 0. The highest BCUT2D eigenvalue weighted by Gasteiger charge is 2.71. The van der Waals surface area contributed by atoms with Gasteiger partial charge in [-0.25, -0.2) is 4.98 Å². The van der Waals surface area contributed by atoms with E-state index in [4.69, 9.17) is 5.10 Å².